The number of hydrogen-bond donors (Lipinski definition) is 2. The number of carboxylic acid groups (broad SMARTS) is 1. The zero-order chi connectivity index (χ0) is 15.6. The van der Waals surface area contributed by atoms with Gasteiger partial charge in [0, 0.05) is 17.8 Å². The van der Waals surface area contributed by atoms with Crippen LogP contribution in [0.4, 0.5) is 5.82 Å². The number of carboxylic acids is 1. The quantitative estimate of drug-likeness (QED) is 0.877. The van der Waals surface area contributed by atoms with Crippen LogP contribution in [-0.2, 0) is 4.79 Å². The van der Waals surface area contributed by atoms with Crippen LogP contribution in [0.5, 0.6) is 0 Å². The number of nitrogens with two attached hydrogens (primary N) is 1. The number of primary amides is 1. The number of carbonyl (C=O) groups excluding carboxylic acids is 1. The number of hydrogen-bond acceptors (Lipinski definition) is 4. The summed E-state index contributed by atoms with van der Waals surface area (Å²) in [4.78, 5) is 29.1. The Hall–Kier alpha value is -2.11. The van der Waals surface area contributed by atoms with Crippen molar-refractivity contribution in [3.63, 3.8) is 0 Å². The summed E-state index contributed by atoms with van der Waals surface area (Å²) < 4.78 is 0. The predicted octanol–water partition coefficient (Wildman–Crippen LogP) is 1.57. The molecule has 0 saturated carbocycles. The number of aromatic nitrogens is 1. The second-order valence-corrected chi connectivity index (χ2v) is 5.57. The van der Waals surface area contributed by atoms with Crippen molar-refractivity contribution >= 4 is 17.7 Å². The molecule has 0 spiro atoms. The van der Waals surface area contributed by atoms with Crippen LogP contribution in [0.25, 0.3) is 0 Å². The van der Waals surface area contributed by atoms with Gasteiger partial charge in [-0.2, -0.15) is 0 Å². The summed E-state index contributed by atoms with van der Waals surface area (Å²) in [5.41, 5.74) is 6.33. The van der Waals surface area contributed by atoms with Crippen molar-refractivity contribution in [2.75, 3.05) is 11.4 Å². The van der Waals surface area contributed by atoms with Crippen molar-refractivity contribution in [3.8, 4) is 0 Å². The summed E-state index contributed by atoms with van der Waals surface area (Å²) in [6.07, 6.45) is 2.51. The van der Waals surface area contributed by atoms with Crippen LogP contribution >= 0.6 is 0 Å². The Balaban J connectivity index is 2.35. The zero-order valence-corrected chi connectivity index (χ0v) is 12.4. The van der Waals surface area contributed by atoms with Crippen LogP contribution in [-0.4, -0.2) is 34.6 Å². The monoisotopic (exact) mass is 291 g/mol. The van der Waals surface area contributed by atoms with Crippen molar-refractivity contribution in [2.45, 2.75) is 39.2 Å². The summed E-state index contributed by atoms with van der Waals surface area (Å²) >= 11 is 0. The van der Waals surface area contributed by atoms with E-state index < -0.39 is 17.9 Å². The fraction of sp³-hybridized carbons (Fsp3) is 0.533. The summed E-state index contributed by atoms with van der Waals surface area (Å²) in [5, 5.41) is 9.47. The second-order valence-electron chi connectivity index (χ2n) is 5.57. The van der Waals surface area contributed by atoms with Gasteiger partial charge >= 0.3 is 5.97 Å². The molecule has 3 N–H and O–H groups in total. The molecule has 1 aromatic heterocycles. The van der Waals surface area contributed by atoms with Crippen molar-refractivity contribution in [2.24, 2.45) is 11.7 Å². The lowest BCUT2D eigenvalue weighted by molar-refractivity contribution is -0.139. The molecule has 1 fully saturated rings. The number of aliphatic carboxylic acids is 1. The van der Waals surface area contributed by atoms with Crippen LogP contribution in [0.3, 0.4) is 0 Å². The van der Waals surface area contributed by atoms with E-state index in [1.807, 2.05) is 0 Å². The van der Waals surface area contributed by atoms with Crippen molar-refractivity contribution in [1.29, 1.82) is 0 Å². The van der Waals surface area contributed by atoms with Gasteiger partial charge in [-0.05, 0) is 37.8 Å². The number of amides is 1. The van der Waals surface area contributed by atoms with Gasteiger partial charge in [0.15, 0.2) is 0 Å². The minimum absolute atomic E-state index is 0.360. The molecule has 1 aromatic rings. The topological polar surface area (TPSA) is 96.5 Å². The molecule has 2 heterocycles. The summed E-state index contributed by atoms with van der Waals surface area (Å²) in [5.74, 6) is -0.442. The molecule has 0 bridgehead atoms. The normalized spacial score (nSPS) is 22.1. The van der Waals surface area contributed by atoms with Gasteiger partial charge in [-0.1, -0.05) is 13.3 Å². The number of pyridine rings is 1. The van der Waals surface area contributed by atoms with Gasteiger partial charge in [0.2, 0.25) is 5.91 Å². The smallest absolute Gasteiger partial charge is 0.326 e. The Bertz CT molecular complexity index is 559. The van der Waals surface area contributed by atoms with E-state index in [4.69, 9.17) is 5.73 Å². The molecular formula is C15H21N3O3. The number of carbonyl (C=O) groups is 2. The highest BCUT2D eigenvalue weighted by molar-refractivity contribution is 5.93. The van der Waals surface area contributed by atoms with Gasteiger partial charge < -0.3 is 15.7 Å². The van der Waals surface area contributed by atoms with Gasteiger partial charge in [-0.25, -0.2) is 9.78 Å². The Morgan fingerprint density at radius 1 is 1.48 bits per heavy atom. The highest BCUT2D eigenvalue weighted by Gasteiger charge is 2.33. The van der Waals surface area contributed by atoms with E-state index in [-0.39, 0.29) is 0 Å². The first-order valence-electron chi connectivity index (χ1n) is 7.20. The maximum atomic E-state index is 11.5. The fourth-order valence-corrected chi connectivity index (χ4v) is 2.86. The molecular weight excluding hydrogens is 270 g/mol. The first-order valence-corrected chi connectivity index (χ1v) is 7.20. The third kappa shape index (κ3) is 3.32. The molecule has 0 aromatic carbocycles. The van der Waals surface area contributed by atoms with Gasteiger partial charge in [-0.15, -0.1) is 0 Å². The van der Waals surface area contributed by atoms with Crippen molar-refractivity contribution < 1.29 is 14.7 Å². The van der Waals surface area contributed by atoms with E-state index in [2.05, 4.69) is 11.9 Å². The standard InChI is InChI=1S/C15H21N3O3/c1-3-10-4-5-18(12(7-10)15(20)21)13-8-11(14(16)19)6-9(2)17-13/h6,8,10,12H,3-5,7H2,1-2H3,(H2,16,19)(H,20,21). The van der Waals surface area contributed by atoms with Crippen LogP contribution in [0.15, 0.2) is 12.1 Å². The number of anilines is 1. The minimum atomic E-state index is -0.850. The maximum Gasteiger partial charge on any atom is 0.326 e. The van der Waals surface area contributed by atoms with E-state index in [1.54, 1.807) is 24.0 Å². The predicted molar refractivity (Wildman–Crippen MR) is 79.3 cm³/mol. The molecule has 0 aliphatic carbocycles. The molecule has 1 aliphatic rings. The summed E-state index contributed by atoms with van der Waals surface area (Å²) in [6.45, 7) is 4.48. The fourth-order valence-electron chi connectivity index (χ4n) is 2.86. The number of aryl methyl sites for hydroxylation is 1. The molecule has 1 saturated heterocycles. The molecule has 114 valence electrons. The molecule has 2 rings (SSSR count). The van der Waals surface area contributed by atoms with E-state index in [1.165, 1.54) is 0 Å². The lowest BCUT2D eigenvalue weighted by Crippen LogP contribution is -2.47. The molecule has 6 nitrogen and oxygen atoms in total. The second kappa shape index (κ2) is 6.11. The highest BCUT2D eigenvalue weighted by atomic mass is 16.4. The third-order valence-electron chi connectivity index (χ3n) is 4.09. The van der Waals surface area contributed by atoms with Gasteiger partial charge in [0.05, 0.1) is 0 Å². The lowest BCUT2D eigenvalue weighted by Gasteiger charge is -2.38. The SMILES string of the molecule is CCC1CCN(c2cc(C(N)=O)cc(C)n2)C(C(=O)O)C1. The van der Waals surface area contributed by atoms with Crippen LogP contribution < -0.4 is 10.6 Å². The van der Waals surface area contributed by atoms with E-state index in [0.29, 0.717) is 36.0 Å². The van der Waals surface area contributed by atoms with Gasteiger partial charge in [-0.3, -0.25) is 4.79 Å². The Kier molecular flexibility index (Phi) is 4.45. The minimum Gasteiger partial charge on any atom is -0.480 e. The zero-order valence-electron chi connectivity index (χ0n) is 12.4. The number of piperidine rings is 1. The Labute approximate surface area is 124 Å². The number of rotatable bonds is 4. The van der Waals surface area contributed by atoms with E-state index in [0.717, 1.165) is 12.8 Å². The molecule has 1 aliphatic heterocycles. The first-order chi connectivity index (χ1) is 9.92. The van der Waals surface area contributed by atoms with Crippen LogP contribution in [0.1, 0.15) is 42.2 Å². The number of nitrogens with zero attached hydrogens (tertiary/aromatic N) is 2. The van der Waals surface area contributed by atoms with Crippen molar-refractivity contribution in [1.82, 2.24) is 4.98 Å². The van der Waals surface area contributed by atoms with E-state index in [9.17, 15) is 14.7 Å². The van der Waals surface area contributed by atoms with Gasteiger partial charge in [0.1, 0.15) is 11.9 Å². The van der Waals surface area contributed by atoms with Crippen molar-refractivity contribution in [3.05, 3.63) is 23.4 Å². The van der Waals surface area contributed by atoms with E-state index >= 15 is 0 Å². The summed E-state index contributed by atoms with van der Waals surface area (Å²) in [6, 6.07) is 2.59. The molecule has 21 heavy (non-hydrogen) atoms. The lowest BCUT2D eigenvalue weighted by atomic mass is 9.89. The maximum absolute atomic E-state index is 11.5. The summed E-state index contributed by atoms with van der Waals surface area (Å²) in [7, 11) is 0. The molecule has 2 unspecified atom stereocenters. The van der Waals surface area contributed by atoms with Crippen LogP contribution in [0, 0.1) is 12.8 Å². The average molecular weight is 291 g/mol. The molecule has 0 radical (unpaired) electrons. The Morgan fingerprint density at radius 2 is 2.19 bits per heavy atom. The van der Waals surface area contributed by atoms with Crippen LogP contribution in [0.2, 0.25) is 0 Å². The average Bonchev–Trinajstić information content (AvgIpc) is 2.45. The molecule has 2 atom stereocenters. The van der Waals surface area contributed by atoms with Gasteiger partial charge in [0.25, 0.3) is 0 Å². The largest absolute Gasteiger partial charge is 0.480 e. The first kappa shape index (κ1) is 15.3. The highest BCUT2D eigenvalue weighted by Crippen LogP contribution is 2.29. The molecule has 6 heteroatoms. The Morgan fingerprint density at radius 3 is 2.76 bits per heavy atom. The molecule has 1 amide bonds. The third-order valence-corrected chi connectivity index (χ3v) is 4.09.